The molecule has 6 rings (SSSR count). The van der Waals surface area contributed by atoms with Gasteiger partial charge in [0, 0.05) is 78.7 Å². The molecule has 1 atom stereocenters. The third-order valence-electron chi connectivity index (χ3n) is 7.54. The topological polar surface area (TPSA) is 125 Å². The molecule has 1 fully saturated rings. The Kier molecular flexibility index (Phi) is 7.86. The van der Waals surface area contributed by atoms with Crippen LogP contribution in [-0.4, -0.2) is 56.7 Å². The number of aromatic nitrogens is 4. The largest absolute Gasteiger partial charge is 0.444 e. The third-order valence-corrected chi connectivity index (χ3v) is 7.54. The number of carbonyl (C=O) groups excluding carboxylic acids is 2. The first-order chi connectivity index (χ1) is 21.1. The number of ether oxygens (including phenoxy) is 1. The van der Waals surface area contributed by atoms with Gasteiger partial charge in [-0.25, -0.2) is 14.2 Å². The lowest BCUT2D eigenvalue weighted by molar-refractivity contribution is 0.0499. The number of aromatic amines is 1. The lowest BCUT2D eigenvalue weighted by Crippen LogP contribution is -2.49. The molecule has 5 aromatic rings. The maximum atomic E-state index is 15.6. The van der Waals surface area contributed by atoms with Crippen LogP contribution >= 0.6 is 0 Å². The number of rotatable bonds is 6. The number of H-pyrrole nitrogens is 1. The standard InChI is InChI=1S/C33H34FN7O3/c1-33(2,3)44-32(43)40-23-7-5-11-41(19-23)28-8-10-36-29-25(28)12-21(14-27(29)34)26-18-38-30-24(26)13-22(17-37-30)31(42)39-16-20-6-4-9-35-15-20/h4,6,8-10,12-15,17-18,23H,5,7,11,16,19H2,1-3H3,(H,37,38)(H,39,42)(H,40,43)/t23-/m1/s1. The highest BCUT2D eigenvalue weighted by Crippen LogP contribution is 2.36. The molecule has 0 saturated carbocycles. The molecule has 0 unspecified atom stereocenters. The van der Waals surface area contributed by atoms with Gasteiger partial charge in [0.25, 0.3) is 5.91 Å². The number of alkyl carbamates (subject to hydrolysis) is 1. The van der Waals surface area contributed by atoms with Gasteiger partial charge in [0.05, 0.1) is 5.56 Å². The minimum atomic E-state index is -0.587. The van der Waals surface area contributed by atoms with Crippen LogP contribution in [-0.2, 0) is 11.3 Å². The Morgan fingerprint density at radius 2 is 1.98 bits per heavy atom. The van der Waals surface area contributed by atoms with E-state index >= 15 is 4.39 Å². The summed E-state index contributed by atoms with van der Waals surface area (Å²) in [5.41, 5.74) is 3.72. The van der Waals surface area contributed by atoms with Crippen LogP contribution in [0.15, 0.2) is 67.4 Å². The van der Waals surface area contributed by atoms with Crippen molar-refractivity contribution in [3.8, 4) is 11.1 Å². The van der Waals surface area contributed by atoms with Crippen molar-refractivity contribution < 1.29 is 18.7 Å². The van der Waals surface area contributed by atoms with Gasteiger partial charge in [-0.3, -0.25) is 14.8 Å². The summed E-state index contributed by atoms with van der Waals surface area (Å²) < 4.78 is 21.1. The number of nitrogens with zero attached hydrogens (tertiary/aromatic N) is 4. The van der Waals surface area contributed by atoms with Crippen LogP contribution in [0.1, 0.15) is 49.5 Å². The molecule has 1 aliphatic rings. The molecule has 1 saturated heterocycles. The molecule has 0 bridgehead atoms. The van der Waals surface area contributed by atoms with Crippen LogP contribution in [0.3, 0.4) is 0 Å². The molecule has 0 aliphatic carbocycles. The average Bonchev–Trinajstić information content (AvgIpc) is 3.43. The molecule has 2 amide bonds. The summed E-state index contributed by atoms with van der Waals surface area (Å²) in [5, 5.41) is 7.24. The summed E-state index contributed by atoms with van der Waals surface area (Å²) in [6.07, 6.45) is 9.50. The molecular weight excluding hydrogens is 561 g/mol. The van der Waals surface area contributed by atoms with E-state index in [1.54, 1.807) is 30.9 Å². The monoisotopic (exact) mass is 595 g/mol. The van der Waals surface area contributed by atoms with Crippen molar-refractivity contribution in [3.63, 3.8) is 0 Å². The predicted molar refractivity (Wildman–Crippen MR) is 167 cm³/mol. The number of anilines is 1. The Morgan fingerprint density at radius 3 is 2.77 bits per heavy atom. The number of amides is 2. The van der Waals surface area contributed by atoms with Gasteiger partial charge < -0.3 is 25.3 Å². The molecule has 1 aromatic carbocycles. The van der Waals surface area contributed by atoms with E-state index in [1.165, 1.54) is 12.3 Å². The van der Waals surface area contributed by atoms with Crippen molar-refractivity contribution in [1.82, 2.24) is 30.6 Å². The normalized spacial score (nSPS) is 15.4. The van der Waals surface area contributed by atoms with E-state index in [9.17, 15) is 9.59 Å². The second-order valence-corrected chi connectivity index (χ2v) is 12.0. The molecule has 5 heterocycles. The fraction of sp³-hybridized carbons (Fsp3) is 0.303. The molecule has 44 heavy (non-hydrogen) atoms. The molecule has 0 spiro atoms. The molecule has 4 aromatic heterocycles. The molecule has 3 N–H and O–H groups in total. The summed E-state index contributed by atoms with van der Waals surface area (Å²) in [4.78, 5) is 43.5. The highest BCUT2D eigenvalue weighted by atomic mass is 19.1. The molecular formula is C33H34FN7O3. The number of piperidine rings is 1. The maximum absolute atomic E-state index is 15.6. The fourth-order valence-electron chi connectivity index (χ4n) is 5.57. The number of pyridine rings is 3. The van der Waals surface area contributed by atoms with E-state index in [1.807, 2.05) is 45.0 Å². The lowest BCUT2D eigenvalue weighted by Gasteiger charge is -2.35. The molecule has 1 aliphatic heterocycles. The van der Waals surface area contributed by atoms with E-state index < -0.39 is 17.5 Å². The van der Waals surface area contributed by atoms with E-state index in [0.29, 0.717) is 46.2 Å². The van der Waals surface area contributed by atoms with Gasteiger partial charge in [-0.1, -0.05) is 6.07 Å². The number of fused-ring (bicyclic) bond motifs is 2. The Labute approximate surface area is 254 Å². The number of carbonyl (C=O) groups is 2. The highest BCUT2D eigenvalue weighted by molar-refractivity contribution is 6.03. The van der Waals surface area contributed by atoms with Gasteiger partial charge in [0.1, 0.15) is 22.6 Å². The van der Waals surface area contributed by atoms with Crippen LogP contribution in [0.2, 0.25) is 0 Å². The van der Waals surface area contributed by atoms with E-state index in [-0.39, 0.29) is 17.5 Å². The van der Waals surface area contributed by atoms with Crippen molar-refractivity contribution >= 4 is 39.6 Å². The maximum Gasteiger partial charge on any atom is 0.407 e. The lowest BCUT2D eigenvalue weighted by atomic mass is 10.00. The van der Waals surface area contributed by atoms with Gasteiger partial charge in [-0.15, -0.1) is 0 Å². The smallest absolute Gasteiger partial charge is 0.407 e. The Hall–Kier alpha value is -5.06. The first-order valence-electron chi connectivity index (χ1n) is 14.6. The van der Waals surface area contributed by atoms with Crippen molar-refractivity contribution in [3.05, 3.63) is 84.3 Å². The number of benzene rings is 1. The molecule has 11 heteroatoms. The fourth-order valence-corrected chi connectivity index (χ4v) is 5.57. The number of halogens is 1. The van der Waals surface area contributed by atoms with Gasteiger partial charge in [-0.2, -0.15) is 0 Å². The summed E-state index contributed by atoms with van der Waals surface area (Å²) in [6, 6.07) is 10.6. The SMILES string of the molecule is CC(C)(C)OC(=O)N[C@@H]1CCCN(c2ccnc3c(F)cc(-c4c[nH]c5ncc(C(=O)NCc6cccnc6)cc45)cc23)C1. The molecule has 226 valence electrons. The van der Waals surface area contributed by atoms with Crippen LogP contribution in [0, 0.1) is 5.82 Å². The summed E-state index contributed by atoms with van der Waals surface area (Å²) >= 11 is 0. The van der Waals surface area contributed by atoms with Crippen molar-refractivity contribution in [2.45, 2.75) is 51.8 Å². The van der Waals surface area contributed by atoms with Crippen molar-refractivity contribution in [2.24, 2.45) is 0 Å². The van der Waals surface area contributed by atoms with Crippen LogP contribution in [0.5, 0.6) is 0 Å². The first kappa shape index (κ1) is 29.0. The zero-order valence-corrected chi connectivity index (χ0v) is 24.9. The third kappa shape index (κ3) is 6.31. The Bertz CT molecular complexity index is 1830. The first-order valence-corrected chi connectivity index (χ1v) is 14.6. The van der Waals surface area contributed by atoms with E-state index in [2.05, 4.69) is 35.5 Å². The zero-order chi connectivity index (χ0) is 30.8. The quantitative estimate of drug-likeness (QED) is 0.229. The Morgan fingerprint density at radius 1 is 1.11 bits per heavy atom. The average molecular weight is 596 g/mol. The predicted octanol–water partition coefficient (Wildman–Crippen LogP) is 5.74. The highest BCUT2D eigenvalue weighted by Gasteiger charge is 2.26. The van der Waals surface area contributed by atoms with Crippen molar-refractivity contribution in [2.75, 3.05) is 18.0 Å². The zero-order valence-electron chi connectivity index (χ0n) is 24.9. The second-order valence-electron chi connectivity index (χ2n) is 12.0. The van der Waals surface area contributed by atoms with E-state index in [4.69, 9.17) is 4.74 Å². The molecule has 0 radical (unpaired) electrons. The van der Waals surface area contributed by atoms with Gasteiger partial charge in [0.2, 0.25) is 0 Å². The van der Waals surface area contributed by atoms with Crippen LogP contribution in [0.25, 0.3) is 33.1 Å². The summed E-state index contributed by atoms with van der Waals surface area (Å²) in [7, 11) is 0. The minimum Gasteiger partial charge on any atom is -0.444 e. The van der Waals surface area contributed by atoms with Crippen LogP contribution in [0.4, 0.5) is 14.9 Å². The van der Waals surface area contributed by atoms with Gasteiger partial charge >= 0.3 is 6.09 Å². The second kappa shape index (κ2) is 11.9. The number of hydrogen-bond acceptors (Lipinski definition) is 7. The van der Waals surface area contributed by atoms with Crippen LogP contribution < -0.4 is 15.5 Å². The summed E-state index contributed by atoms with van der Waals surface area (Å²) in [5.74, 6) is -0.723. The minimum absolute atomic E-state index is 0.114. The number of nitrogens with one attached hydrogen (secondary N) is 3. The summed E-state index contributed by atoms with van der Waals surface area (Å²) in [6.45, 7) is 7.14. The van der Waals surface area contributed by atoms with E-state index in [0.717, 1.165) is 30.6 Å². The Balaban J connectivity index is 1.29. The number of hydrogen-bond donors (Lipinski definition) is 3. The van der Waals surface area contributed by atoms with Crippen molar-refractivity contribution in [1.29, 1.82) is 0 Å². The van der Waals surface area contributed by atoms with Gasteiger partial charge in [0.15, 0.2) is 0 Å². The molecule has 10 nitrogen and oxygen atoms in total. The van der Waals surface area contributed by atoms with Gasteiger partial charge in [-0.05, 0) is 75.1 Å².